The summed E-state index contributed by atoms with van der Waals surface area (Å²) in [6, 6.07) is 13.6. The number of hydrogen-bond donors (Lipinski definition) is 3. The molecule has 2 heterocycles. The minimum Gasteiger partial charge on any atom is -0.487 e. The van der Waals surface area contributed by atoms with Gasteiger partial charge < -0.3 is 19.9 Å². The SMILES string of the molecule is O=C(C[C@@H]1C[C@H]2c3cc(NS(=O)(=O)c4ccccc4)ccc3O[C@H]2[C@@H](CO)O1)NC1CCCCC1. The highest BCUT2D eigenvalue weighted by atomic mass is 32.2. The molecule has 4 atom stereocenters. The van der Waals surface area contributed by atoms with Gasteiger partial charge in [-0.25, -0.2) is 8.42 Å². The molecule has 5 rings (SSSR count). The molecule has 1 saturated carbocycles. The summed E-state index contributed by atoms with van der Waals surface area (Å²) in [5.74, 6) is 0.516. The van der Waals surface area contributed by atoms with Crippen molar-refractivity contribution < 1.29 is 27.8 Å². The molecule has 8 nitrogen and oxygen atoms in total. The topological polar surface area (TPSA) is 114 Å². The van der Waals surface area contributed by atoms with E-state index in [1.54, 1.807) is 48.5 Å². The number of aliphatic hydroxyl groups excluding tert-OH is 1. The molecule has 0 aromatic heterocycles. The summed E-state index contributed by atoms with van der Waals surface area (Å²) in [4.78, 5) is 12.9. The molecule has 0 radical (unpaired) electrons. The van der Waals surface area contributed by atoms with Crippen molar-refractivity contribution in [3.63, 3.8) is 0 Å². The fourth-order valence-electron chi connectivity index (χ4n) is 5.51. The van der Waals surface area contributed by atoms with Gasteiger partial charge in [-0.2, -0.15) is 0 Å². The third kappa shape index (κ3) is 5.32. The molecule has 2 aliphatic heterocycles. The minimum atomic E-state index is -3.72. The number of nitrogens with one attached hydrogen (secondary N) is 2. The Labute approximate surface area is 206 Å². The lowest BCUT2D eigenvalue weighted by molar-refractivity contribution is -0.142. The first-order chi connectivity index (χ1) is 16.9. The number of anilines is 1. The number of carbonyl (C=O) groups is 1. The largest absolute Gasteiger partial charge is 0.487 e. The molecule has 1 saturated heterocycles. The monoisotopic (exact) mass is 500 g/mol. The van der Waals surface area contributed by atoms with Crippen LogP contribution in [0.25, 0.3) is 0 Å². The van der Waals surface area contributed by atoms with Gasteiger partial charge in [-0.3, -0.25) is 9.52 Å². The third-order valence-electron chi connectivity index (χ3n) is 7.19. The third-order valence-corrected chi connectivity index (χ3v) is 8.59. The second-order valence-electron chi connectivity index (χ2n) is 9.68. The van der Waals surface area contributed by atoms with E-state index in [1.807, 2.05) is 0 Å². The quantitative estimate of drug-likeness (QED) is 0.538. The van der Waals surface area contributed by atoms with E-state index in [0.717, 1.165) is 31.2 Å². The number of fused-ring (bicyclic) bond motifs is 3. The first-order valence-corrected chi connectivity index (χ1v) is 13.9. The Kier molecular flexibility index (Phi) is 7.00. The maximum Gasteiger partial charge on any atom is 0.261 e. The van der Waals surface area contributed by atoms with Gasteiger partial charge in [0.25, 0.3) is 10.0 Å². The van der Waals surface area contributed by atoms with Gasteiger partial charge in [0.1, 0.15) is 18.0 Å². The summed E-state index contributed by atoms with van der Waals surface area (Å²) < 4.78 is 40.4. The van der Waals surface area contributed by atoms with E-state index in [-0.39, 0.29) is 48.0 Å². The molecule has 2 fully saturated rings. The highest BCUT2D eigenvalue weighted by molar-refractivity contribution is 7.92. The van der Waals surface area contributed by atoms with E-state index in [4.69, 9.17) is 9.47 Å². The fourth-order valence-corrected chi connectivity index (χ4v) is 6.58. The van der Waals surface area contributed by atoms with Crippen molar-refractivity contribution in [2.75, 3.05) is 11.3 Å². The molecule has 2 aromatic carbocycles. The van der Waals surface area contributed by atoms with Crippen LogP contribution in [-0.2, 0) is 19.6 Å². The van der Waals surface area contributed by atoms with Crippen LogP contribution in [0.5, 0.6) is 5.75 Å². The van der Waals surface area contributed by atoms with Crippen molar-refractivity contribution in [1.82, 2.24) is 5.32 Å². The van der Waals surface area contributed by atoms with Gasteiger partial charge in [-0.15, -0.1) is 0 Å². The number of sulfonamides is 1. The average Bonchev–Trinajstić information content (AvgIpc) is 3.22. The van der Waals surface area contributed by atoms with Gasteiger partial charge >= 0.3 is 0 Å². The maximum absolute atomic E-state index is 12.8. The van der Waals surface area contributed by atoms with Gasteiger partial charge in [0.15, 0.2) is 0 Å². The first-order valence-electron chi connectivity index (χ1n) is 12.4. The zero-order chi connectivity index (χ0) is 24.4. The van der Waals surface area contributed by atoms with Gasteiger partial charge in [-0.05, 0) is 49.6 Å². The number of amides is 1. The number of aliphatic hydroxyl groups is 1. The molecular weight excluding hydrogens is 468 g/mol. The van der Waals surface area contributed by atoms with E-state index in [9.17, 15) is 18.3 Å². The molecule has 188 valence electrons. The van der Waals surface area contributed by atoms with Crippen LogP contribution in [0.15, 0.2) is 53.4 Å². The van der Waals surface area contributed by atoms with E-state index < -0.39 is 16.1 Å². The van der Waals surface area contributed by atoms with Crippen LogP contribution < -0.4 is 14.8 Å². The molecule has 35 heavy (non-hydrogen) atoms. The summed E-state index contributed by atoms with van der Waals surface area (Å²) in [5.41, 5.74) is 1.30. The Morgan fingerprint density at radius 3 is 2.57 bits per heavy atom. The summed E-state index contributed by atoms with van der Waals surface area (Å²) in [5, 5.41) is 13.1. The minimum absolute atomic E-state index is 0.0273. The molecule has 9 heteroatoms. The van der Waals surface area contributed by atoms with Gasteiger partial charge in [0.05, 0.1) is 24.0 Å². The summed E-state index contributed by atoms with van der Waals surface area (Å²) in [6.45, 7) is -0.219. The number of ether oxygens (including phenoxy) is 2. The summed E-state index contributed by atoms with van der Waals surface area (Å²) in [7, 11) is -3.72. The molecule has 3 N–H and O–H groups in total. The number of rotatable bonds is 7. The molecule has 3 aliphatic rings. The highest BCUT2D eigenvalue weighted by Gasteiger charge is 2.46. The fraction of sp³-hybridized carbons (Fsp3) is 0.500. The van der Waals surface area contributed by atoms with Crippen LogP contribution in [0.2, 0.25) is 0 Å². The smallest absolute Gasteiger partial charge is 0.261 e. The Hall–Kier alpha value is -2.62. The Bertz CT molecular complexity index is 1150. The average molecular weight is 501 g/mol. The second kappa shape index (κ2) is 10.2. The van der Waals surface area contributed by atoms with E-state index in [0.29, 0.717) is 17.9 Å². The van der Waals surface area contributed by atoms with Crippen molar-refractivity contribution in [2.24, 2.45) is 0 Å². The molecule has 0 unspecified atom stereocenters. The van der Waals surface area contributed by atoms with Gasteiger partial charge in [0.2, 0.25) is 5.91 Å². The Balaban J connectivity index is 1.30. The van der Waals surface area contributed by atoms with Crippen molar-refractivity contribution in [2.45, 2.75) is 80.1 Å². The molecule has 1 aliphatic carbocycles. The highest BCUT2D eigenvalue weighted by Crippen LogP contribution is 2.47. The lowest BCUT2D eigenvalue weighted by Crippen LogP contribution is -2.48. The van der Waals surface area contributed by atoms with Crippen LogP contribution in [0.1, 0.15) is 56.4 Å². The number of benzene rings is 2. The van der Waals surface area contributed by atoms with Crippen molar-refractivity contribution in [1.29, 1.82) is 0 Å². The zero-order valence-corrected chi connectivity index (χ0v) is 20.4. The molecule has 2 aromatic rings. The van der Waals surface area contributed by atoms with Crippen LogP contribution in [-0.4, -0.2) is 50.4 Å². The second-order valence-corrected chi connectivity index (χ2v) is 11.4. The van der Waals surface area contributed by atoms with Gasteiger partial charge in [0, 0.05) is 23.2 Å². The van der Waals surface area contributed by atoms with Crippen LogP contribution >= 0.6 is 0 Å². The molecule has 0 spiro atoms. The summed E-state index contributed by atoms with van der Waals surface area (Å²) >= 11 is 0. The number of hydrogen-bond acceptors (Lipinski definition) is 6. The Morgan fingerprint density at radius 1 is 1.06 bits per heavy atom. The Morgan fingerprint density at radius 2 is 1.83 bits per heavy atom. The predicted octanol–water partition coefficient (Wildman–Crippen LogP) is 3.32. The number of carbonyl (C=O) groups excluding carboxylic acids is 1. The zero-order valence-electron chi connectivity index (χ0n) is 19.6. The standard InChI is InChI=1S/C26H32N2O6S/c29-16-24-26-22(14-19(33-24)15-25(30)27-17-7-3-1-4-8-17)21-13-18(11-12-23(21)34-26)28-35(31,32)20-9-5-2-6-10-20/h2,5-6,9-13,17,19,22,24,26,28-29H,1,3-4,7-8,14-16H2,(H,27,30)/t19-,22-,24+,26+/m0/s1. The molecule has 1 amide bonds. The van der Waals surface area contributed by atoms with Crippen molar-refractivity contribution in [3.8, 4) is 5.75 Å². The van der Waals surface area contributed by atoms with E-state index in [1.165, 1.54) is 6.42 Å². The van der Waals surface area contributed by atoms with Crippen LogP contribution in [0, 0.1) is 0 Å². The summed E-state index contributed by atoms with van der Waals surface area (Å²) in [6.07, 6.45) is 5.05. The van der Waals surface area contributed by atoms with Crippen LogP contribution in [0.3, 0.4) is 0 Å². The van der Waals surface area contributed by atoms with Crippen LogP contribution in [0.4, 0.5) is 5.69 Å². The lowest BCUT2D eigenvalue weighted by atomic mass is 9.84. The van der Waals surface area contributed by atoms with Crippen molar-refractivity contribution >= 4 is 21.6 Å². The van der Waals surface area contributed by atoms with Gasteiger partial charge in [-0.1, -0.05) is 37.5 Å². The predicted molar refractivity (Wildman–Crippen MR) is 131 cm³/mol. The lowest BCUT2D eigenvalue weighted by Gasteiger charge is -2.37. The van der Waals surface area contributed by atoms with E-state index in [2.05, 4.69) is 10.0 Å². The first kappa shape index (κ1) is 24.1. The normalized spacial score (nSPS) is 26.3. The van der Waals surface area contributed by atoms with E-state index >= 15 is 0 Å². The molecular formula is C26H32N2O6S. The van der Waals surface area contributed by atoms with Crippen molar-refractivity contribution in [3.05, 3.63) is 54.1 Å². The maximum atomic E-state index is 12.8. The molecule has 0 bridgehead atoms.